The summed E-state index contributed by atoms with van der Waals surface area (Å²) in [5.74, 6) is -0.514. The summed E-state index contributed by atoms with van der Waals surface area (Å²) in [5.41, 5.74) is 0.436. The Bertz CT molecular complexity index is 1110. The molecule has 1 heterocycles. The monoisotopic (exact) mass is 468 g/mol. The molecule has 166 valence electrons. The summed E-state index contributed by atoms with van der Waals surface area (Å²) >= 11 is 6.04. The van der Waals surface area contributed by atoms with Gasteiger partial charge in [0.2, 0.25) is 22.0 Å². The number of halogens is 1. The maximum absolute atomic E-state index is 13.0. The van der Waals surface area contributed by atoms with Crippen LogP contribution in [0.4, 0.5) is 5.69 Å². The number of amides is 1. The van der Waals surface area contributed by atoms with Gasteiger partial charge in [0.05, 0.1) is 42.9 Å². The minimum atomic E-state index is -4.01. The van der Waals surface area contributed by atoms with Crippen molar-refractivity contribution >= 4 is 39.2 Å². The number of sulfonamides is 1. The topological polar surface area (TPSA) is 102 Å². The molecule has 0 aromatic heterocycles. The predicted octanol–water partition coefficient (Wildman–Crippen LogP) is 1.94. The van der Waals surface area contributed by atoms with Crippen LogP contribution in [0.5, 0.6) is 11.5 Å². The van der Waals surface area contributed by atoms with Gasteiger partial charge in [0.25, 0.3) is 0 Å². The average molecular weight is 469 g/mol. The van der Waals surface area contributed by atoms with Crippen LogP contribution in [0.15, 0.2) is 47.4 Å². The lowest BCUT2D eigenvalue weighted by molar-refractivity contribution is -0.148. The molecule has 1 amide bonds. The number of likely N-dealkylation sites (N-methyl/N-ethyl adjacent to an activating group) is 1. The van der Waals surface area contributed by atoms with Crippen molar-refractivity contribution in [2.24, 2.45) is 0 Å². The van der Waals surface area contributed by atoms with Gasteiger partial charge in [-0.05, 0) is 30.3 Å². The molecule has 2 aromatic carbocycles. The number of para-hydroxylation sites is 2. The van der Waals surface area contributed by atoms with Crippen molar-refractivity contribution < 1.29 is 32.2 Å². The summed E-state index contributed by atoms with van der Waals surface area (Å²) < 4.78 is 42.1. The zero-order valence-electron chi connectivity index (χ0n) is 17.1. The predicted molar refractivity (Wildman–Crippen MR) is 113 cm³/mol. The molecule has 9 nitrogen and oxygen atoms in total. The van der Waals surface area contributed by atoms with Crippen molar-refractivity contribution in [1.29, 1.82) is 0 Å². The van der Waals surface area contributed by atoms with E-state index < -0.39 is 34.5 Å². The van der Waals surface area contributed by atoms with Crippen LogP contribution in [0.2, 0.25) is 5.02 Å². The average Bonchev–Trinajstić information content (AvgIpc) is 2.77. The number of ether oxygens (including phenoxy) is 3. The molecule has 3 rings (SSSR count). The van der Waals surface area contributed by atoms with E-state index in [0.717, 1.165) is 4.31 Å². The Balaban J connectivity index is 1.84. The van der Waals surface area contributed by atoms with Crippen LogP contribution in [-0.4, -0.2) is 65.1 Å². The molecule has 0 saturated heterocycles. The third kappa shape index (κ3) is 4.60. The van der Waals surface area contributed by atoms with E-state index in [4.69, 9.17) is 25.8 Å². The zero-order valence-corrected chi connectivity index (χ0v) is 18.6. The molecule has 0 spiro atoms. The first-order valence-corrected chi connectivity index (χ1v) is 10.9. The number of carbonyl (C=O) groups excluding carboxylic acids is 2. The quantitative estimate of drug-likeness (QED) is 0.597. The van der Waals surface area contributed by atoms with Gasteiger partial charge >= 0.3 is 5.97 Å². The molecular weight excluding hydrogens is 448 g/mol. The van der Waals surface area contributed by atoms with Crippen LogP contribution in [0, 0.1) is 0 Å². The van der Waals surface area contributed by atoms with E-state index >= 15 is 0 Å². The number of carbonyl (C=O) groups is 2. The van der Waals surface area contributed by atoms with E-state index in [1.807, 2.05) is 0 Å². The molecule has 0 N–H and O–H groups in total. The normalized spacial score (nSPS) is 15.8. The van der Waals surface area contributed by atoms with Gasteiger partial charge in [-0.2, -0.15) is 4.31 Å². The molecule has 11 heteroatoms. The zero-order chi connectivity index (χ0) is 22.8. The van der Waals surface area contributed by atoms with Crippen molar-refractivity contribution in [3.63, 3.8) is 0 Å². The first kappa shape index (κ1) is 22.9. The van der Waals surface area contributed by atoms with Crippen LogP contribution in [0.3, 0.4) is 0 Å². The molecule has 0 radical (unpaired) electrons. The Hall–Kier alpha value is -2.82. The number of benzene rings is 2. The highest BCUT2D eigenvalue weighted by Crippen LogP contribution is 2.34. The summed E-state index contributed by atoms with van der Waals surface area (Å²) in [4.78, 5) is 26.3. The standard InChI is InChI=1S/C20H21ClN2O7S/c1-22(31(26,27)13-8-9-16(28-2)14(21)10-13)12-19(24)23-11-18(20(25)29-3)30-17-7-5-4-6-15(17)23/h4-10,18H,11-12H2,1-3H3/t18-/m1/s1. The van der Waals surface area contributed by atoms with Crippen molar-refractivity contribution in [3.05, 3.63) is 47.5 Å². The summed E-state index contributed by atoms with van der Waals surface area (Å²) in [6, 6.07) is 10.7. The van der Waals surface area contributed by atoms with Gasteiger partial charge in [0, 0.05) is 7.05 Å². The fraction of sp³-hybridized carbons (Fsp3) is 0.300. The highest BCUT2D eigenvalue weighted by atomic mass is 35.5. The maximum atomic E-state index is 13.0. The van der Waals surface area contributed by atoms with E-state index in [0.29, 0.717) is 17.2 Å². The summed E-state index contributed by atoms with van der Waals surface area (Å²) in [6.07, 6.45) is -1.02. The minimum absolute atomic E-state index is 0.0802. The molecule has 0 aliphatic carbocycles. The lowest BCUT2D eigenvalue weighted by atomic mass is 10.2. The molecule has 2 aromatic rings. The number of methoxy groups -OCH3 is 2. The highest BCUT2D eigenvalue weighted by molar-refractivity contribution is 7.89. The molecular formula is C20H21ClN2O7S. The second kappa shape index (κ2) is 9.13. The largest absolute Gasteiger partial charge is 0.495 e. The van der Waals surface area contributed by atoms with E-state index in [1.165, 1.54) is 44.4 Å². The maximum Gasteiger partial charge on any atom is 0.348 e. The van der Waals surface area contributed by atoms with Gasteiger partial charge in [0.1, 0.15) is 11.5 Å². The van der Waals surface area contributed by atoms with Gasteiger partial charge in [0.15, 0.2) is 0 Å². The van der Waals surface area contributed by atoms with Crippen LogP contribution in [-0.2, 0) is 24.3 Å². The number of hydrogen-bond donors (Lipinski definition) is 0. The SMILES string of the molecule is COC(=O)[C@H]1CN(C(=O)CN(C)S(=O)(=O)c2ccc(OC)c(Cl)c2)c2ccccc2O1. The Morgan fingerprint density at radius 3 is 2.58 bits per heavy atom. The van der Waals surface area contributed by atoms with Crippen LogP contribution >= 0.6 is 11.6 Å². The second-order valence-corrected chi connectivity index (χ2v) is 9.11. The second-order valence-electron chi connectivity index (χ2n) is 6.66. The van der Waals surface area contributed by atoms with Gasteiger partial charge in [-0.1, -0.05) is 23.7 Å². The lowest BCUT2D eigenvalue weighted by Crippen LogP contribution is -2.50. The van der Waals surface area contributed by atoms with Crippen molar-refractivity contribution in [3.8, 4) is 11.5 Å². The molecule has 1 aliphatic rings. The minimum Gasteiger partial charge on any atom is -0.495 e. The Morgan fingerprint density at radius 1 is 1.23 bits per heavy atom. The smallest absolute Gasteiger partial charge is 0.348 e. The van der Waals surface area contributed by atoms with E-state index in [1.54, 1.807) is 24.3 Å². The molecule has 0 saturated carbocycles. The van der Waals surface area contributed by atoms with Gasteiger partial charge in [-0.3, -0.25) is 4.79 Å². The van der Waals surface area contributed by atoms with Gasteiger partial charge < -0.3 is 19.1 Å². The van der Waals surface area contributed by atoms with Crippen LogP contribution in [0.25, 0.3) is 0 Å². The first-order chi connectivity index (χ1) is 14.7. The number of esters is 1. The lowest BCUT2D eigenvalue weighted by Gasteiger charge is -2.34. The van der Waals surface area contributed by atoms with Gasteiger partial charge in [-0.25, -0.2) is 13.2 Å². The van der Waals surface area contributed by atoms with Crippen LogP contribution in [0.1, 0.15) is 0 Å². The molecule has 31 heavy (non-hydrogen) atoms. The first-order valence-electron chi connectivity index (χ1n) is 9.12. The van der Waals surface area contributed by atoms with E-state index in [9.17, 15) is 18.0 Å². The number of hydrogen-bond acceptors (Lipinski definition) is 7. The molecule has 0 bridgehead atoms. The fourth-order valence-electron chi connectivity index (χ4n) is 3.07. The third-order valence-electron chi connectivity index (χ3n) is 4.73. The Kier molecular flexibility index (Phi) is 6.73. The summed E-state index contributed by atoms with van der Waals surface area (Å²) in [5, 5.41) is 0.131. The van der Waals surface area contributed by atoms with Crippen molar-refractivity contribution in [2.45, 2.75) is 11.0 Å². The van der Waals surface area contributed by atoms with E-state index in [2.05, 4.69) is 0 Å². The molecule has 1 atom stereocenters. The van der Waals surface area contributed by atoms with Crippen molar-refractivity contribution in [1.82, 2.24) is 4.31 Å². The molecule has 1 aliphatic heterocycles. The Labute approximate surface area is 185 Å². The number of anilines is 1. The summed E-state index contributed by atoms with van der Waals surface area (Å²) in [6.45, 7) is -0.570. The highest BCUT2D eigenvalue weighted by Gasteiger charge is 2.35. The number of fused-ring (bicyclic) bond motifs is 1. The molecule has 0 fully saturated rings. The summed E-state index contributed by atoms with van der Waals surface area (Å²) in [7, 11) is -0.0824. The molecule has 0 unspecified atom stereocenters. The number of nitrogens with zero attached hydrogens (tertiary/aromatic N) is 2. The third-order valence-corrected chi connectivity index (χ3v) is 6.82. The number of rotatable bonds is 6. The van der Waals surface area contributed by atoms with E-state index in [-0.39, 0.29) is 16.5 Å². The fourth-order valence-corrected chi connectivity index (χ4v) is 4.54. The van der Waals surface area contributed by atoms with Gasteiger partial charge in [-0.15, -0.1) is 0 Å². The van der Waals surface area contributed by atoms with Crippen molar-refractivity contribution in [2.75, 3.05) is 39.3 Å². The Morgan fingerprint density at radius 2 is 1.94 bits per heavy atom. The van der Waals surface area contributed by atoms with Crippen LogP contribution < -0.4 is 14.4 Å².